The number of sulfonamides is 1. The van der Waals surface area contributed by atoms with Gasteiger partial charge in [-0.2, -0.15) is 0 Å². The van der Waals surface area contributed by atoms with Gasteiger partial charge >= 0.3 is 0 Å². The van der Waals surface area contributed by atoms with Crippen LogP contribution in [0, 0.1) is 5.92 Å². The van der Waals surface area contributed by atoms with Gasteiger partial charge in [0.05, 0.1) is 27.4 Å². The second kappa shape index (κ2) is 11.3. The minimum atomic E-state index is -3.69. The lowest BCUT2D eigenvalue weighted by Crippen LogP contribution is -2.44. The van der Waals surface area contributed by atoms with Crippen LogP contribution in [-0.2, 0) is 20.6 Å². The molecule has 1 aliphatic rings. The Kier molecular flexibility index (Phi) is 8.37. The Bertz CT molecular complexity index is 1400. The first kappa shape index (κ1) is 26.6. The molecule has 1 N–H and O–H groups in total. The largest absolute Gasteiger partial charge is 0.325 e. The van der Waals surface area contributed by atoms with Gasteiger partial charge in [0.15, 0.2) is 5.78 Å². The van der Waals surface area contributed by atoms with Gasteiger partial charge in [-0.15, -0.1) is 0 Å². The molecule has 1 heterocycles. The molecule has 1 unspecified atom stereocenters. The molecule has 1 amide bonds. The van der Waals surface area contributed by atoms with E-state index in [2.05, 4.69) is 5.32 Å². The normalized spacial score (nSPS) is 16.5. The van der Waals surface area contributed by atoms with Crippen LogP contribution in [0.4, 0.5) is 5.69 Å². The van der Waals surface area contributed by atoms with Gasteiger partial charge in [-0.3, -0.25) is 9.59 Å². The van der Waals surface area contributed by atoms with Gasteiger partial charge in [0.1, 0.15) is 0 Å². The van der Waals surface area contributed by atoms with Crippen molar-refractivity contribution >= 4 is 62.2 Å². The smallest absolute Gasteiger partial charge is 0.228 e. The lowest BCUT2D eigenvalue weighted by Gasteiger charge is -2.31. The molecule has 0 bridgehead atoms. The van der Waals surface area contributed by atoms with Crippen LogP contribution in [0.5, 0.6) is 0 Å². The highest BCUT2D eigenvalue weighted by Gasteiger charge is 2.33. The first-order valence-electron chi connectivity index (χ1n) is 11.3. The zero-order valence-corrected chi connectivity index (χ0v) is 22.2. The molecule has 1 saturated heterocycles. The summed E-state index contributed by atoms with van der Waals surface area (Å²) in [7, 11) is -3.69. The van der Waals surface area contributed by atoms with Gasteiger partial charge in [-0.1, -0.05) is 71.2 Å². The number of anilines is 1. The van der Waals surface area contributed by atoms with E-state index in [-0.39, 0.29) is 34.6 Å². The summed E-state index contributed by atoms with van der Waals surface area (Å²) in [4.78, 5) is 26.2. The second-order valence-electron chi connectivity index (χ2n) is 8.58. The van der Waals surface area contributed by atoms with E-state index in [1.54, 1.807) is 48.5 Å². The molecular formula is C26H23Cl3N2O4S. The van der Waals surface area contributed by atoms with Crippen LogP contribution in [0.3, 0.4) is 0 Å². The topological polar surface area (TPSA) is 83.6 Å². The van der Waals surface area contributed by atoms with E-state index in [9.17, 15) is 18.0 Å². The average molecular weight is 566 g/mol. The number of ketones is 1. The molecule has 0 aliphatic carbocycles. The zero-order chi connectivity index (χ0) is 25.9. The Morgan fingerprint density at radius 3 is 2.42 bits per heavy atom. The number of nitrogens with zero attached hydrogens (tertiary/aromatic N) is 1. The number of hydrogen-bond acceptors (Lipinski definition) is 4. The molecule has 3 aromatic rings. The number of rotatable bonds is 7. The summed E-state index contributed by atoms with van der Waals surface area (Å²) in [5.74, 6) is -1.44. The SMILES string of the molecule is O=C(c1ccccc1)c1cc(Cl)ccc1NC(=O)C1CCCN(S(=O)(=O)Cc2ccc(Cl)c(Cl)c2)C1. The van der Waals surface area contributed by atoms with Gasteiger partial charge in [0.2, 0.25) is 15.9 Å². The highest BCUT2D eigenvalue weighted by atomic mass is 35.5. The standard InChI is InChI=1S/C26H23Cl3N2O4S/c27-20-9-11-24(21(14-20)25(32)18-5-2-1-3-6-18)30-26(33)19-7-4-12-31(15-19)36(34,35)16-17-8-10-22(28)23(29)13-17/h1-3,5-6,8-11,13-14,19H,4,7,12,15-16H2,(H,30,33). The molecule has 10 heteroatoms. The van der Waals surface area contributed by atoms with E-state index >= 15 is 0 Å². The van der Waals surface area contributed by atoms with Crippen molar-refractivity contribution in [2.24, 2.45) is 5.92 Å². The van der Waals surface area contributed by atoms with Crippen LogP contribution >= 0.6 is 34.8 Å². The number of piperidine rings is 1. The van der Waals surface area contributed by atoms with E-state index in [1.165, 1.54) is 16.4 Å². The predicted molar refractivity (Wildman–Crippen MR) is 143 cm³/mol. The van der Waals surface area contributed by atoms with Gasteiger partial charge in [0, 0.05) is 29.2 Å². The number of carbonyl (C=O) groups excluding carboxylic acids is 2. The second-order valence-corrected chi connectivity index (χ2v) is 11.8. The maximum atomic E-state index is 13.2. The number of halogens is 3. The van der Waals surface area contributed by atoms with E-state index in [0.717, 1.165) is 0 Å². The Morgan fingerprint density at radius 1 is 0.944 bits per heavy atom. The van der Waals surface area contributed by atoms with E-state index in [4.69, 9.17) is 34.8 Å². The summed E-state index contributed by atoms with van der Waals surface area (Å²) in [5.41, 5.74) is 1.57. The summed E-state index contributed by atoms with van der Waals surface area (Å²) in [5, 5.41) is 3.82. The van der Waals surface area contributed by atoms with Gasteiger partial charge < -0.3 is 5.32 Å². The maximum absolute atomic E-state index is 13.2. The summed E-state index contributed by atoms with van der Waals surface area (Å²) in [6, 6.07) is 18.1. The number of hydrogen-bond donors (Lipinski definition) is 1. The Labute approximate surface area is 225 Å². The number of amides is 1. The maximum Gasteiger partial charge on any atom is 0.228 e. The minimum Gasteiger partial charge on any atom is -0.325 e. The highest BCUT2D eigenvalue weighted by Crippen LogP contribution is 2.28. The number of nitrogens with one attached hydrogen (secondary N) is 1. The summed E-state index contributed by atoms with van der Waals surface area (Å²) in [6.07, 6.45) is 1.06. The van der Waals surface area contributed by atoms with Crippen molar-refractivity contribution in [2.45, 2.75) is 18.6 Å². The molecule has 4 rings (SSSR count). The van der Waals surface area contributed by atoms with Gasteiger partial charge in [-0.25, -0.2) is 12.7 Å². The number of carbonyl (C=O) groups is 2. The molecule has 6 nitrogen and oxygen atoms in total. The Balaban J connectivity index is 1.49. The number of benzene rings is 3. The molecule has 0 aromatic heterocycles. The van der Waals surface area contributed by atoms with Crippen molar-refractivity contribution in [1.29, 1.82) is 0 Å². The van der Waals surface area contributed by atoms with Crippen LogP contribution in [-0.4, -0.2) is 37.5 Å². The van der Waals surface area contributed by atoms with Crippen molar-refractivity contribution in [3.63, 3.8) is 0 Å². The van der Waals surface area contributed by atoms with Crippen molar-refractivity contribution in [3.8, 4) is 0 Å². The summed E-state index contributed by atoms with van der Waals surface area (Å²) < 4.78 is 27.5. The van der Waals surface area contributed by atoms with Crippen LogP contribution in [0.1, 0.15) is 34.3 Å². The zero-order valence-electron chi connectivity index (χ0n) is 19.1. The first-order chi connectivity index (χ1) is 17.1. The van der Waals surface area contributed by atoms with E-state index in [1.807, 2.05) is 6.07 Å². The molecule has 36 heavy (non-hydrogen) atoms. The molecule has 0 saturated carbocycles. The monoisotopic (exact) mass is 564 g/mol. The third kappa shape index (κ3) is 6.28. The molecule has 1 fully saturated rings. The molecular weight excluding hydrogens is 543 g/mol. The lowest BCUT2D eigenvalue weighted by molar-refractivity contribution is -0.120. The van der Waals surface area contributed by atoms with Crippen molar-refractivity contribution in [3.05, 3.63) is 98.5 Å². The van der Waals surface area contributed by atoms with Crippen molar-refractivity contribution in [2.75, 3.05) is 18.4 Å². The quantitative estimate of drug-likeness (QED) is 0.353. The third-order valence-electron chi connectivity index (χ3n) is 6.00. The Morgan fingerprint density at radius 2 is 1.69 bits per heavy atom. The van der Waals surface area contributed by atoms with Crippen LogP contribution < -0.4 is 5.32 Å². The lowest BCUT2D eigenvalue weighted by atomic mass is 9.97. The van der Waals surface area contributed by atoms with Crippen molar-refractivity contribution < 1.29 is 18.0 Å². The van der Waals surface area contributed by atoms with Crippen LogP contribution in [0.15, 0.2) is 66.7 Å². The average Bonchev–Trinajstić information content (AvgIpc) is 2.87. The molecule has 3 aromatic carbocycles. The summed E-state index contributed by atoms with van der Waals surface area (Å²) >= 11 is 18.1. The fourth-order valence-electron chi connectivity index (χ4n) is 4.13. The predicted octanol–water partition coefficient (Wildman–Crippen LogP) is 6.06. The summed E-state index contributed by atoms with van der Waals surface area (Å²) in [6.45, 7) is 0.372. The molecule has 0 spiro atoms. The molecule has 0 radical (unpaired) electrons. The molecule has 1 aliphatic heterocycles. The Hall–Kier alpha value is -2.42. The van der Waals surface area contributed by atoms with Crippen molar-refractivity contribution in [1.82, 2.24) is 4.31 Å². The highest BCUT2D eigenvalue weighted by molar-refractivity contribution is 7.88. The van der Waals surface area contributed by atoms with Crippen LogP contribution in [0.25, 0.3) is 0 Å². The molecule has 1 atom stereocenters. The van der Waals surface area contributed by atoms with Gasteiger partial charge in [-0.05, 0) is 48.7 Å². The van der Waals surface area contributed by atoms with Gasteiger partial charge in [0.25, 0.3) is 0 Å². The van der Waals surface area contributed by atoms with E-state index in [0.29, 0.717) is 46.2 Å². The van der Waals surface area contributed by atoms with E-state index < -0.39 is 15.9 Å². The minimum absolute atomic E-state index is 0.0467. The van der Waals surface area contributed by atoms with Crippen LogP contribution in [0.2, 0.25) is 15.1 Å². The third-order valence-corrected chi connectivity index (χ3v) is 8.79. The first-order valence-corrected chi connectivity index (χ1v) is 14.0. The fraction of sp³-hybridized carbons (Fsp3) is 0.231. The molecule has 188 valence electrons. The fourth-order valence-corrected chi connectivity index (χ4v) is 6.22.